The Morgan fingerprint density at radius 2 is 2.25 bits per heavy atom. The fourth-order valence-electron chi connectivity index (χ4n) is 1.31. The van der Waals surface area contributed by atoms with Crippen LogP contribution in [0.1, 0.15) is 34.2 Å². The van der Waals surface area contributed by atoms with Gasteiger partial charge in [0.05, 0.1) is 12.2 Å². The molecule has 1 heterocycles. The van der Waals surface area contributed by atoms with E-state index in [1.807, 2.05) is 0 Å². The van der Waals surface area contributed by atoms with Crippen LogP contribution in [0.4, 0.5) is 0 Å². The minimum atomic E-state index is -0.580. The summed E-state index contributed by atoms with van der Waals surface area (Å²) in [5, 5.41) is 3.91. The van der Waals surface area contributed by atoms with Gasteiger partial charge < -0.3 is 10.5 Å². The van der Waals surface area contributed by atoms with E-state index in [0.717, 1.165) is 0 Å². The van der Waals surface area contributed by atoms with Gasteiger partial charge in [-0.15, -0.1) is 0 Å². The molecule has 0 aliphatic heterocycles. The topological polar surface area (TPSA) is 87.2 Å². The minimum Gasteiger partial charge on any atom is -0.461 e. The molecule has 0 atom stereocenters. The van der Waals surface area contributed by atoms with E-state index in [0.29, 0.717) is 0 Å². The monoisotopic (exact) mass is 225 g/mol. The number of ketones is 1. The first-order valence-corrected chi connectivity index (χ1v) is 5.04. The van der Waals surface area contributed by atoms with Crippen LogP contribution < -0.4 is 5.73 Å². The van der Waals surface area contributed by atoms with E-state index in [9.17, 15) is 9.59 Å². The van der Waals surface area contributed by atoms with Gasteiger partial charge in [0.1, 0.15) is 0 Å². The molecule has 1 aromatic rings. The fourth-order valence-corrected chi connectivity index (χ4v) is 1.31. The van der Waals surface area contributed by atoms with Crippen LogP contribution >= 0.6 is 0 Å². The fraction of sp³-hybridized carbons (Fsp3) is 0.500. The van der Waals surface area contributed by atoms with Crippen LogP contribution in [0.5, 0.6) is 0 Å². The number of hydrogen-bond donors (Lipinski definition) is 1. The normalized spacial score (nSPS) is 10.2. The third kappa shape index (κ3) is 2.66. The predicted molar refractivity (Wildman–Crippen MR) is 57.2 cm³/mol. The maximum atomic E-state index is 11.6. The molecule has 0 bridgehead atoms. The van der Waals surface area contributed by atoms with Crippen LogP contribution in [0.3, 0.4) is 0 Å². The quantitative estimate of drug-likeness (QED) is 0.568. The zero-order valence-corrected chi connectivity index (χ0v) is 9.40. The van der Waals surface area contributed by atoms with Crippen LogP contribution in [-0.2, 0) is 11.8 Å². The lowest BCUT2D eigenvalue weighted by Crippen LogP contribution is -2.13. The maximum absolute atomic E-state index is 11.6. The van der Waals surface area contributed by atoms with Crippen molar-refractivity contribution in [3.63, 3.8) is 0 Å². The molecule has 6 heteroatoms. The molecule has 0 aliphatic carbocycles. The van der Waals surface area contributed by atoms with E-state index in [2.05, 4.69) is 5.10 Å². The number of carbonyl (C=O) groups excluding carboxylic acids is 2. The molecule has 1 rings (SSSR count). The number of Topliss-reactive ketones (excluding diaryl/α,β-unsaturated/α-hetero) is 1. The Kier molecular flexibility index (Phi) is 4.19. The molecule has 0 saturated heterocycles. The van der Waals surface area contributed by atoms with E-state index in [1.54, 1.807) is 14.0 Å². The van der Waals surface area contributed by atoms with Gasteiger partial charge in [0, 0.05) is 19.7 Å². The Morgan fingerprint density at radius 3 is 2.81 bits per heavy atom. The molecule has 0 fully saturated rings. The molecular weight excluding hydrogens is 210 g/mol. The second kappa shape index (κ2) is 5.41. The molecule has 1 aromatic heterocycles. The van der Waals surface area contributed by atoms with Gasteiger partial charge in [0.15, 0.2) is 11.5 Å². The van der Waals surface area contributed by atoms with Crippen molar-refractivity contribution in [1.82, 2.24) is 9.78 Å². The summed E-state index contributed by atoms with van der Waals surface area (Å²) >= 11 is 0. The molecule has 0 spiro atoms. The average molecular weight is 225 g/mol. The number of aromatic nitrogens is 2. The van der Waals surface area contributed by atoms with Crippen molar-refractivity contribution < 1.29 is 14.3 Å². The number of hydrogen-bond acceptors (Lipinski definition) is 5. The first-order chi connectivity index (χ1) is 7.60. The summed E-state index contributed by atoms with van der Waals surface area (Å²) in [6, 6.07) is 0. The third-order valence-electron chi connectivity index (χ3n) is 1.97. The molecular formula is C10H15N3O3. The Morgan fingerprint density at radius 1 is 1.56 bits per heavy atom. The van der Waals surface area contributed by atoms with Crippen molar-refractivity contribution in [3.8, 4) is 0 Å². The Balaban J connectivity index is 2.99. The van der Waals surface area contributed by atoms with E-state index in [4.69, 9.17) is 10.5 Å². The minimum absolute atomic E-state index is 0.0581. The van der Waals surface area contributed by atoms with Crippen molar-refractivity contribution in [2.45, 2.75) is 13.3 Å². The highest BCUT2D eigenvalue weighted by molar-refractivity contribution is 6.05. The second-order valence-electron chi connectivity index (χ2n) is 3.25. The molecule has 0 aromatic carbocycles. The number of nitrogens with two attached hydrogens (primary N) is 1. The summed E-state index contributed by atoms with van der Waals surface area (Å²) in [5.41, 5.74) is 5.62. The number of rotatable bonds is 5. The Bertz CT molecular complexity index is 363. The van der Waals surface area contributed by atoms with Gasteiger partial charge in [-0.25, -0.2) is 4.79 Å². The van der Waals surface area contributed by atoms with Gasteiger partial charge in [-0.2, -0.15) is 5.10 Å². The smallest absolute Gasteiger partial charge is 0.359 e. The van der Waals surface area contributed by atoms with Crippen LogP contribution in [0.2, 0.25) is 0 Å². The average Bonchev–Trinajstić information content (AvgIpc) is 2.61. The molecule has 0 radical (unpaired) electrons. The number of ether oxygens (including phenoxy) is 1. The summed E-state index contributed by atoms with van der Waals surface area (Å²) in [4.78, 5) is 23.2. The van der Waals surface area contributed by atoms with Gasteiger partial charge in [-0.3, -0.25) is 9.48 Å². The van der Waals surface area contributed by atoms with Crippen molar-refractivity contribution in [2.75, 3.05) is 13.2 Å². The molecule has 6 nitrogen and oxygen atoms in total. The molecule has 0 amide bonds. The van der Waals surface area contributed by atoms with Crippen molar-refractivity contribution >= 4 is 11.8 Å². The number of carbonyl (C=O) groups is 2. The molecule has 0 aliphatic rings. The zero-order valence-electron chi connectivity index (χ0n) is 9.40. The van der Waals surface area contributed by atoms with E-state index >= 15 is 0 Å². The van der Waals surface area contributed by atoms with Gasteiger partial charge in [0.2, 0.25) is 0 Å². The van der Waals surface area contributed by atoms with E-state index < -0.39 is 5.97 Å². The largest absolute Gasteiger partial charge is 0.461 e. The highest BCUT2D eigenvalue weighted by Crippen LogP contribution is 2.10. The molecule has 0 saturated carbocycles. The number of esters is 1. The van der Waals surface area contributed by atoms with Crippen LogP contribution in [0.15, 0.2) is 6.20 Å². The highest BCUT2D eigenvalue weighted by Gasteiger charge is 2.21. The summed E-state index contributed by atoms with van der Waals surface area (Å²) in [6.45, 7) is 2.19. The lowest BCUT2D eigenvalue weighted by molar-refractivity contribution is 0.0515. The van der Waals surface area contributed by atoms with Gasteiger partial charge >= 0.3 is 5.97 Å². The van der Waals surface area contributed by atoms with Gasteiger partial charge in [0.25, 0.3) is 0 Å². The van der Waals surface area contributed by atoms with Crippen molar-refractivity contribution in [3.05, 3.63) is 17.5 Å². The Labute approximate surface area is 93.4 Å². The molecule has 88 valence electrons. The predicted octanol–water partition coefficient (Wildman–Crippen LogP) is 0.128. The maximum Gasteiger partial charge on any atom is 0.359 e. The second-order valence-corrected chi connectivity index (χ2v) is 3.25. The van der Waals surface area contributed by atoms with Crippen molar-refractivity contribution in [1.29, 1.82) is 0 Å². The lowest BCUT2D eigenvalue weighted by atomic mass is 10.1. The summed E-state index contributed by atoms with van der Waals surface area (Å²) < 4.78 is 6.22. The number of nitrogens with zero attached hydrogens (tertiary/aromatic N) is 2. The summed E-state index contributed by atoms with van der Waals surface area (Å²) in [6.07, 6.45) is 1.70. The zero-order chi connectivity index (χ0) is 12.1. The lowest BCUT2D eigenvalue weighted by Gasteiger charge is -2.00. The number of aryl methyl sites for hydroxylation is 1. The van der Waals surface area contributed by atoms with Crippen molar-refractivity contribution in [2.24, 2.45) is 12.8 Å². The van der Waals surface area contributed by atoms with Gasteiger partial charge in [-0.1, -0.05) is 0 Å². The molecule has 2 N–H and O–H groups in total. The molecule has 0 unspecified atom stereocenters. The standard InChI is InChI=1S/C10H15N3O3/c1-3-16-10(15)9-7(6-13(2)12-9)8(14)4-5-11/h6H,3-5,11H2,1-2H3. The highest BCUT2D eigenvalue weighted by atomic mass is 16.5. The van der Waals surface area contributed by atoms with Crippen LogP contribution in [-0.4, -0.2) is 34.7 Å². The van der Waals surface area contributed by atoms with E-state index in [1.165, 1.54) is 10.9 Å². The SMILES string of the molecule is CCOC(=O)c1nn(C)cc1C(=O)CCN. The van der Waals surface area contributed by atoms with Crippen LogP contribution in [0, 0.1) is 0 Å². The third-order valence-corrected chi connectivity index (χ3v) is 1.97. The summed E-state index contributed by atoms with van der Waals surface area (Å²) in [7, 11) is 1.64. The first kappa shape index (κ1) is 12.4. The van der Waals surface area contributed by atoms with Crippen LogP contribution in [0.25, 0.3) is 0 Å². The van der Waals surface area contributed by atoms with Gasteiger partial charge in [-0.05, 0) is 13.5 Å². The van der Waals surface area contributed by atoms with E-state index in [-0.39, 0.29) is 36.6 Å². The Hall–Kier alpha value is -1.69. The first-order valence-electron chi connectivity index (χ1n) is 5.04. The molecule has 16 heavy (non-hydrogen) atoms. The summed E-state index contributed by atoms with van der Waals surface area (Å²) in [5.74, 6) is -0.776.